The largest absolute Gasteiger partial charge is 0.382 e. The Morgan fingerprint density at radius 1 is 1.37 bits per heavy atom. The third-order valence-electron chi connectivity index (χ3n) is 2.89. The van der Waals surface area contributed by atoms with Crippen LogP contribution in [0.25, 0.3) is 0 Å². The van der Waals surface area contributed by atoms with Crippen molar-refractivity contribution in [2.45, 2.75) is 13.3 Å². The van der Waals surface area contributed by atoms with Gasteiger partial charge in [0, 0.05) is 19.8 Å². The number of carbonyl (C=O) groups is 2. The molecule has 2 rings (SSSR count). The Balaban J connectivity index is 2.21. The molecule has 0 radical (unpaired) electrons. The van der Waals surface area contributed by atoms with Gasteiger partial charge in [-0.05, 0) is 25.5 Å². The van der Waals surface area contributed by atoms with Crippen molar-refractivity contribution < 1.29 is 18.7 Å². The minimum atomic E-state index is -0.645. The van der Waals surface area contributed by atoms with Crippen LogP contribution in [-0.2, 0) is 9.53 Å². The van der Waals surface area contributed by atoms with Crippen molar-refractivity contribution in [3.05, 3.63) is 28.5 Å². The molecule has 6 heteroatoms. The van der Waals surface area contributed by atoms with Crippen LogP contribution < -0.4 is 4.90 Å². The summed E-state index contributed by atoms with van der Waals surface area (Å²) in [7, 11) is 0. The molecule has 0 aromatic heterocycles. The van der Waals surface area contributed by atoms with Crippen LogP contribution in [0.5, 0.6) is 0 Å². The van der Waals surface area contributed by atoms with Gasteiger partial charge in [-0.15, -0.1) is 0 Å². The Labute approximate surface area is 115 Å². The summed E-state index contributed by atoms with van der Waals surface area (Å²) in [4.78, 5) is 24.8. The lowest BCUT2D eigenvalue weighted by Crippen LogP contribution is -2.31. The first kappa shape index (κ1) is 14.0. The molecule has 1 aliphatic heterocycles. The molecule has 0 fully saturated rings. The Bertz CT molecular complexity index is 533. The van der Waals surface area contributed by atoms with E-state index in [4.69, 9.17) is 16.3 Å². The summed E-state index contributed by atoms with van der Waals surface area (Å²) < 4.78 is 18.6. The molecule has 1 aliphatic rings. The van der Waals surface area contributed by atoms with Gasteiger partial charge in [0.1, 0.15) is 5.82 Å². The third kappa shape index (κ3) is 2.62. The lowest BCUT2D eigenvalue weighted by Gasteiger charge is -2.16. The standard InChI is InChI=1S/C13H13ClFNO3/c1-2-19-5-3-4-16-11-7-10(15)9(14)6-8(11)12(17)13(16)18/h6-7H,2-5H2,1H3. The Kier molecular flexibility index (Phi) is 4.17. The number of carbonyl (C=O) groups excluding carboxylic acids is 2. The van der Waals surface area contributed by atoms with Gasteiger partial charge in [0.2, 0.25) is 0 Å². The van der Waals surface area contributed by atoms with E-state index >= 15 is 0 Å². The maximum atomic E-state index is 13.4. The van der Waals surface area contributed by atoms with Gasteiger partial charge in [0.05, 0.1) is 16.3 Å². The first-order valence-corrected chi connectivity index (χ1v) is 6.37. The highest BCUT2D eigenvalue weighted by molar-refractivity contribution is 6.52. The van der Waals surface area contributed by atoms with Crippen LogP contribution in [-0.4, -0.2) is 31.4 Å². The van der Waals surface area contributed by atoms with E-state index in [1.165, 1.54) is 11.0 Å². The maximum Gasteiger partial charge on any atom is 0.299 e. The molecule has 0 unspecified atom stereocenters. The number of fused-ring (bicyclic) bond motifs is 1. The SMILES string of the molecule is CCOCCCN1C(=O)C(=O)c2cc(Cl)c(F)cc21. The zero-order valence-corrected chi connectivity index (χ0v) is 11.2. The van der Waals surface area contributed by atoms with E-state index < -0.39 is 17.5 Å². The lowest BCUT2D eigenvalue weighted by molar-refractivity contribution is -0.114. The van der Waals surface area contributed by atoms with Crippen LogP contribution >= 0.6 is 11.6 Å². The number of ketones is 1. The second kappa shape index (κ2) is 5.67. The molecule has 1 amide bonds. The van der Waals surface area contributed by atoms with Crippen LogP contribution in [0.15, 0.2) is 12.1 Å². The second-order valence-corrected chi connectivity index (χ2v) is 4.53. The topological polar surface area (TPSA) is 46.6 Å². The monoisotopic (exact) mass is 285 g/mol. The summed E-state index contributed by atoms with van der Waals surface area (Å²) in [6, 6.07) is 2.33. The van der Waals surface area contributed by atoms with E-state index in [0.717, 1.165) is 6.07 Å². The summed E-state index contributed by atoms with van der Waals surface area (Å²) in [6.07, 6.45) is 0.580. The van der Waals surface area contributed by atoms with Crippen molar-refractivity contribution in [2.24, 2.45) is 0 Å². The molecular formula is C13H13ClFNO3. The number of anilines is 1. The summed E-state index contributed by atoms with van der Waals surface area (Å²) in [6.45, 7) is 3.27. The van der Waals surface area contributed by atoms with Gasteiger partial charge < -0.3 is 9.64 Å². The van der Waals surface area contributed by atoms with E-state index in [-0.39, 0.29) is 16.3 Å². The minimum Gasteiger partial charge on any atom is -0.382 e. The number of ether oxygens (including phenoxy) is 1. The summed E-state index contributed by atoms with van der Waals surface area (Å²) in [5, 5.41) is -0.156. The predicted molar refractivity (Wildman–Crippen MR) is 69.2 cm³/mol. The first-order chi connectivity index (χ1) is 9.06. The maximum absolute atomic E-state index is 13.4. The number of benzene rings is 1. The highest BCUT2D eigenvalue weighted by atomic mass is 35.5. The van der Waals surface area contributed by atoms with Gasteiger partial charge in [-0.2, -0.15) is 0 Å². The molecule has 0 saturated carbocycles. The number of Topliss-reactive ketones (excluding diaryl/α,β-unsaturated/α-hetero) is 1. The Morgan fingerprint density at radius 2 is 2.11 bits per heavy atom. The zero-order valence-electron chi connectivity index (χ0n) is 10.4. The highest BCUT2D eigenvalue weighted by Gasteiger charge is 2.36. The van der Waals surface area contributed by atoms with Gasteiger partial charge in [0.25, 0.3) is 11.7 Å². The molecule has 0 saturated heterocycles. The molecule has 0 aliphatic carbocycles. The number of rotatable bonds is 5. The summed E-state index contributed by atoms with van der Waals surface area (Å²) >= 11 is 5.62. The van der Waals surface area contributed by atoms with Gasteiger partial charge in [0.15, 0.2) is 0 Å². The van der Waals surface area contributed by atoms with Crippen molar-refractivity contribution in [3.63, 3.8) is 0 Å². The Morgan fingerprint density at radius 3 is 2.79 bits per heavy atom. The van der Waals surface area contributed by atoms with E-state index in [0.29, 0.717) is 26.2 Å². The third-order valence-corrected chi connectivity index (χ3v) is 3.18. The average molecular weight is 286 g/mol. The molecule has 1 aromatic rings. The zero-order chi connectivity index (χ0) is 14.0. The smallest absolute Gasteiger partial charge is 0.299 e. The van der Waals surface area contributed by atoms with Crippen molar-refractivity contribution in [3.8, 4) is 0 Å². The molecule has 0 spiro atoms. The fourth-order valence-corrected chi connectivity index (χ4v) is 2.14. The normalized spacial score (nSPS) is 14.2. The first-order valence-electron chi connectivity index (χ1n) is 5.99. The van der Waals surface area contributed by atoms with Crippen LogP contribution in [0.3, 0.4) is 0 Å². The summed E-state index contributed by atoms with van der Waals surface area (Å²) in [5.74, 6) is -1.93. The van der Waals surface area contributed by atoms with Gasteiger partial charge in [-0.25, -0.2) is 4.39 Å². The van der Waals surface area contributed by atoms with E-state index in [1.807, 2.05) is 6.92 Å². The molecule has 0 atom stereocenters. The van der Waals surface area contributed by atoms with Crippen LogP contribution in [0.1, 0.15) is 23.7 Å². The molecule has 0 bridgehead atoms. The Hall–Kier alpha value is -1.46. The lowest BCUT2D eigenvalue weighted by atomic mass is 10.1. The molecule has 1 heterocycles. The van der Waals surface area contributed by atoms with Crippen molar-refractivity contribution in [1.82, 2.24) is 0 Å². The number of hydrogen-bond acceptors (Lipinski definition) is 3. The predicted octanol–water partition coefficient (Wildman–Crippen LogP) is 2.44. The van der Waals surface area contributed by atoms with Crippen LogP contribution in [0.2, 0.25) is 5.02 Å². The quantitative estimate of drug-likeness (QED) is 0.617. The minimum absolute atomic E-state index is 0.156. The number of hydrogen-bond donors (Lipinski definition) is 0. The van der Waals surface area contributed by atoms with Crippen molar-refractivity contribution in [2.75, 3.05) is 24.7 Å². The molecule has 1 aromatic carbocycles. The number of nitrogens with zero attached hydrogens (tertiary/aromatic N) is 1. The highest BCUT2D eigenvalue weighted by Crippen LogP contribution is 2.33. The fraction of sp³-hybridized carbons (Fsp3) is 0.385. The molecule has 4 nitrogen and oxygen atoms in total. The van der Waals surface area contributed by atoms with Crippen molar-refractivity contribution in [1.29, 1.82) is 0 Å². The van der Waals surface area contributed by atoms with Gasteiger partial charge in [-0.1, -0.05) is 11.6 Å². The van der Waals surface area contributed by atoms with Gasteiger partial charge in [-0.3, -0.25) is 9.59 Å². The van der Waals surface area contributed by atoms with E-state index in [1.54, 1.807) is 0 Å². The number of amides is 1. The molecular weight excluding hydrogens is 273 g/mol. The van der Waals surface area contributed by atoms with Crippen molar-refractivity contribution >= 4 is 29.0 Å². The van der Waals surface area contributed by atoms with Gasteiger partial charge >= 0.3 is 0 Å². The fourth-order valence-electron chi connectivity index (χ4n) is 1.98. The summed E-state index contributed by atoms with van der Waals surface area (Å²) in [5.41, 5.74) is 0.446. The molecule has 19 heavy (non-hydrogen) atoms. The van der Waals surface area contributed by atoms with Crippen LogP contribution in [0.4, 0.5) is 10.1 Å². The van der Waals surface area contributed by atoms with Crippen LogP contribution in [0, 0.1) is 5.82 Å². The second-order valence-electron chi connectivity index (χ2n) is 4.12. The average Bonchev–Trinajstić information content (AvgIpc) is 2.60. The van der Waals surface area contributed by atoms with E-state index in [2.05, 4.69) is 0 Å². The van der Waals surface area contributed by atoms with E-state index in [9.17, 15) is 14.0 Å². The number of halogens is 2. The molecule has 102 valence electrons. The molecule has 0 N–H and O–H groups in total.